The Morgan fingerprint density at radius 3 is 2.59 bits per heavy atom. The molecule has 22 heavy (non-hydrogen) atoms. The Bertz CT molecular complexity index is 869. The predicted molar refractivity (Wildman–Crippen MR) is 94.7 cm³/mol. The van der Waals surface area contributed by atoms with Crippen LogP contribution in [0.5, 0.6) is 5.75 Å². The number of benzene rings is 2. The molecule has 0 atom stereocenters. The van der Waals surface area contributed by atoms with Crippen molar-refractivity contribution in [2.75, 3.05) is 11.1 Å². The first-order valence-corrected chi connectivity index (χ1v) is 7.66. The smallest absolute Gasteiger partial charge is 0.138 e. The summed E-state index contributed by atoms with van der Waals surface area (Å²) in [5.41, 5.74) is 9.77. The van der Waals surface area contributed by atoms with Crippen molar-refractivity contribution in [1.29, 1.82) is 0 Å². The number of anilines is 3. The van der Waals surface area contributed by atoms with Crippen LogP contribution in [0.4, 0.5) is 17.2 Å². The second-order valence-corrected chi connectivity index (χ2v) is 6.15. The summed E-state index contributed by atoms with van der Waals surface area (Å²) in [5.74, 6) is 0.994. The molecular formula is C17H16BrN3O. The predicted octanol–water partition coefficient (Wildman–Crippen LogP) is 4.65. The van der Waals surface area contributed by atoms with Gasteiger partial charge in [0.25, 0.3) is 0 Å². The fourth-order valence-electron chi connectivity index (χ4n) is 2.55. The summed E-state index contributed by atoms with van der Waals surface area (Å²) in [7, 11) is 0. The van der Waals surface area contributed by atoms with Gasteiger partial charge in [0, 0.05) is 32.8 Å². The van der Waals surface area contributed by atoms with Gasteiger partial charge >= 0.3 is 0 Å². The van der Waals surface area contributed by atoms with E-state index in [2.05, 4.69) is 26.2 Å². The van der Waals surface area contributed by atoms with Gasteiger partial charge in [-0.05, 0) is 65.2 Å². The van der Waals surface area contributed by atoms with Crippen LogP contribution in [-0.2, 0) is 0 Å². The Balaban J connectivity index is 2.19. The Morgan fingerprint density at radius 2 is 1.86 bits per heavy atom. The van der Waals surface area contributed by atoms with Crippen molar-refractivity contribution < 1.29 is 5.11 Å². The third-order valence-electron chi connectivity index (χ3n) is 3.69. The van der Waals surface area contributed by atoms with E-state index >= 15 is 0 Å². The number of hydrogen-bond donors (Lipinski definition) is 3. The quantitative estimate of drug-likeness (QED) is 0.461. The Morgan fingerprint density at radius 1 is 1.09 bits per heavy atom. The molecule has 0 saturated carbocycles. The zero-order chi connectivity index (χ0) is 15.9. The van der Waals surface area contributed by atoms with Gasteiger partial charge in [-0.25, -0.2) is 4.98 Å². The maximum Gasteiger partial charge on any atom is 0.138 e. The van der Waals surface area contributed by atoms with E-state index in [0.29, 0.717) is 5.69 Å². The van der Waals surface area contributed by atoms with Crippen LogP contribution in [0.1, 0.15) is 11.1 Å². The SMILES string of the molecule is Cc1cc(O)ccc1Nc1ncc(Br)c2c(N)ccc(C)c12. The second-order valence-electron chi connectivity index (χ2n) is 5.30. The lowest BCUT2D eigenvalue weighted by Gasteiger charge is -2.15. The molecular weight excluding hydrogens is 342 g/mol. The van der Waals surface area contributed by atoms with Crippen LogP contribution >= 0.6 is 15.9 Å². The number of halogens is 1. The normalized spacial score (nSPS) is 10.9. The number of aromatic hydroxyl groups is 1. The van der Waals surface area contributed by atoms with E-state index < -0.39 is 0 Å². The highest BCUT2D eigenvalue weighted by atomic mass is 79.9. The monoisotopic (exact) mass is 357 g/mol. The van der Waals surface area contributed by atoms with E-state index in [4.69, 9.17) is 5.73 Å². The molecule has 1 heterocycles. The number of aryl methyl sites for hydroxylation is 2. The molecule has 0 amide bonds. The van der Waals surface area contributed by atoms with E-state index in [1.807, 2.05) is 32.0 Å². The molecule has 0 saturated heterocycles. The minimum atomic E-state index is 0.247. The number of nitrogens with zero attached hydrogens (tertiary/aromatic N) is 1. The lowest BCUT2D eigenvalue weighted by atomic mass is 10.0. The van der Waals surface area contributed by atoms with E-state index in [1.54, 1.807) is 18.3 Å². The minimum Gasteiger partial charge on any atom is -0.508 e. The molecule has 3 aromatic rings. The molecule has 0 bridgehead atoms. The average Bonchev–Trinajstić information content (AvgIpc) is 2.47. The summed E-state index contributed by atoms with van der Waals surface area (Å²) in [6.45, 7) is 3.97. The number of phenols is 1. The van der Waals surface area contributed by atoms with Crippen LogP contribution in [-0.4, -0.2) is 10.1 Å². The fraction of sp³-hybridized carbons (Fsp3) is 0.118. The molecule has 0 aliphatic rings. The highest BCUT2D eigenvalue weighted by Gasteiger charge is 2.12. The number of hydrogen-bond acceptors (Lipinski definition) is 4. The summed E-state index contributed by atoms with van der Waals surface area (Å²) >= 11 is 3.52. The van der Waals surface area contributed by atoms with E-state index in [1.165, 1.54) is 0 Å². The molecule has 0 aliphatic heterocycles. The first-order valence-electron chi connectivity index (χ1n) is 6.87. The Kier molecular flexibility index (Phi) is 3.66. The molecule has 4 nitrogen and oxygen atoms in total. The molecule has 4 N–H and O–H groups in total. The van der Waals surface area contributed by atoms with Gasteiger partial charge < -0.3 is 16.2 Å². The van der Waals surface area contributed by atoms with Crippen LogP contribution in [0, 0.1) is 13.8 Å². The highest BCUT2D eigenvalue weighted by molar-refractivity contribution is 9.10. The van der Waals surface area contributed by atoms with Crippen molar-refractivity contribution in [3.63, 3.8) is 0 Å². The zero-order valence-corrected chi connectivity index (χ0v) is 13.9. The molecule has 0 aliphatic carbocycles. The van der Waals surface area contributed by atoms with Gasteiger partial charge in [0.15, 0.2) is 0 Å². The summed E-state index contributed by atoms with van der Waals surface area (Å²) in [4.78, 5) is 4.49. The molecule has 0 unspecified atom stereocenters. The van der Waals surface area contributed by atoms with E-state index in [9.17, 15) is 5.11 Å². The largest absolute Gasteiger partial charge is 0.508 e. The Labute approximate surface area is 137 Å². The maximum absolute atomic E-state index is 9.53. The first kappa shape index (κ1) is 14.7. The topological polar surface area (TPSA) is 71.2 Å². The number of nitrogens with one attached hydrogen (secondary N) is 1. The van der Waals surface area contributed by atoms with Crippen molar-refractivity contribution >= 4 is 43.9 Å². The molecule has 0 spiro atoms. The van der Waals surface area contributed by atoms with Crippen molar-refractivity contribution in [2.24, 2.45) is 0 Å². The third kappa shape index (κ3) is 2.48. The minimum absolute atomic E-state index is 0.247. The number of rotatable bonds is 2. The van der Waals surface area contributed by atoms with E-state index in [-0.39, 0.29) is 5.75 Å². The number of pyridine rings is 1. The standard InChI is InChI=1S/C17H16BrN3O/c1-9-3-5-13(19)16-12(18)8-20-17(15(9)16)21-14-6-4-11(22)7-10(14)2/h3-8,22H,19H2,1-2H3,(H,20,21). The number of nitrogen functional groups attached to an aromatic ring is 1. The lowest BCUT2D eigenvalue weighted by molar-refractivity contribution is 0.475. The summed E-state index contributed by atoms with van der Waals surface area (Å²) in [6, 6.07) is 9.09. The number of fused-ring (bicyclic) bond motifs is 1. The van der Waals surface area contributed by atoms with Crippen LogP contribution in [0.25, 0.3) is 10.8 Å². The van der Waals surface area contributed by atoms with Gasteiger partial charge in [-0.3, -0.25) is 0 Å². The molecule has 112 valence electrons. The lowest BCUT2D eigenvalue weighted by Crippen LogP contribution is -2.00. The molecule has 0 radical (unpaired) electrons. The summed E-state index contributed by atoms with van der Waals surface area (Å²) < 4.78 is 0.872. The molecule has 1 aromatic heterocycles. The summed E-state index contributed by atoms with van der Waals surface area (Å²) in [6.07, 6.45) is 1.75. The van der Waals surface area contributed by atoms with Crippen molar-refractivity contribution in [1.82, 2.24) is 4.98 Å². The van der Waals surface area contributed by atoms with Crippen molar-refractivity contribution in [3.05, 3.63) is 52.1 Å². The van der Waals surface area contributed by atoms with Gasteiger partial charge in [0.05, 0.1) is 0 Å². The molecule has 3 rings (SSSR count). The van der Waals surface area contributed by atoms with Gasteiger partial charge in [-0.2, -0.15) is 0 Å². The van der Waals surface area contributed by atoms with Crippen molar-refractivity contribution in [2.45, 2.75) is 13.8 Å². The number of nitrogens with two attached hydrogens (primary N) is 1. The van der Waals surface area contributed by atoms with Gasteiger partial charge in [0.2, 0.25) is 0 Å². The second kappa shape index (κ2) is 5.50. The molecule has 0 fully saturated rings. The average molecular weight is 358 g/mol. The van der Waals surface area contributed by atoms with Gasteiger partial charge in [-0.1, -0.05) is 6.07 Å². The van der Waals surface area contributed by atoms with Crippen LogP contribution in [0.3, 0.4) is 0 Å². The molecule has 5 heteroatoms. The maximum atomic E-state index is 9.53. The Hall–Kier alpha value is -2.27. The van der Waals surface area contributed by atoms with Crippen molar-refractivity contribution in [3.8, 4) is 5.75 Å². The number of phenolic OH excluding ortho intramolecular Hbond substituents is 1. The van der Waals surface area contributed by atoms with Gasteiger partial charge in [0.1, 0.15) is 11.6 Å². The summed E-state index contributed by atoms with van der Waals surface area (Å²) in [5, 5.41) is 14.8. The van der Waals surface area contributed by atoms with E-state index in [0.717, 1.165) is 37.9 Å². The van der Waals surface area contributed by atoms with Crippen LogP contribution in [0.15, 0.2) is 41.0 Å². The van der Waals surface area contributed by atoms with Crippen LogP contribution < -0.4 is 11.1 Å². The van der Waals surface area contributed by atoms with Gasteiger partial charge in [-0.15, -0.1) is 0 Å². The zero-order valence-electron chi connectivity index (χ0n) is 12.3. The fourth-order valence-corrected chi connectivity index (χ4v) is 3.08. The number of aromatic nitrogens is 1. The van der Waals surface area contributed by atoms with Crippen LogP contribution in [0.2, 0.25) is 0 Å². The highest BCUT2D eigenvalue weighted by Crippen LogP contribution is 2.36. The first-order chi connectivity index (χ1) is 10.5. The molecule has 2 aromatic carbocycles. The third-order valence-corrected chi connectivity index (χ3v) is 4.29.